The summed E-state index contributed by atoms with van der Waals surface area (Å²) < 4.78 is 16.9. The highest BCUT2D eigenvalue weighted by Gasteiger charge is 2.21. The molecule has 0 aliphatic rings. The average Bonchev–Trinajstić information content (AvgIpc) is 2.18. The molecular formula is C13H17ClO3S. The minimum Gasteiger partial charge on any atom is -0.616 e. The lowest BCUT2D eigenvalue weighted by Gasteiger charge is -2.20. The first kappa shape index (κ1) is 15.3. The Morgan fingerprint density at radius 3 is 2.56 bits per heavy atom. The third-order valence-corrected chi connectivity index (χ3v) is 3.53. The molecule has 18 heavy (non-hydrogen) atoms. The zero-order valence-electron chi connectivity index (χ0n) is 10.7. The molecule has 3 nitrogen and oxygen atoms in total. The number of rotatable bonds is 4. The summed E-state index contributed by atoms with van der Waals surface area (Å²) in [5.41, 5.74) is 0.229. The molecule has 0 unspecified atom stereocenters. The molecular weight excluding hydrogens is 272 g/mol. The number of esters is 1. The predicted molar refractivity (Wildman–Crippen MR) is 74.0 cm³/mol. The minimum atomic E-state index is -1.31. The number of ether oxygens (including phenoxy) is 1. The Labute approximate surface area is 116 Å². The molecule has 0 aromatic heterocycles. The van der Waals surface area contributed by atoms with Crippen LogP contribution in [0.1, 0.15) is 26.3 Å². The van der Waals surface area contributed by atoms with E-state index in [-0.39, 0.29) is 11.5 Å². The van der Waals surface area contributed by atoms with Crippen LogP contribution in [0.5, 0.6) is 0 Å². The number of halogens is 1. The van der Waals surface area contributed by atoms with E-state index in [0.717, 1.165) is 5.56 Å². The van der Waals surface area contributed by atoms with Crippen LogP contribution in [0.25, 0.3) is 0 Å². The Morgan fingerprint density at radius 1 is 1.39 bits per heavy atom. The molecule has 0 aliphatic heterocycles. The van der Waals surface area contributed by atoms with Crippen LogP contribution in [-0.2, 0) is 26.5 Å². The first-order valence-corrected chi connectivity index (χ1v) is 7.45. The summed E-state index contributed by atoms with van der Waals surface area (Å²) in [5.74, 6) is -0.297. The second kappa shape index (κ2) is 6.45. The van der Waals surface area contributed by atoms with Gasteiger partial charge < -0.3 is 9.29 Å². The quantitative estimate of drug-likeness (QED) is 0.632. The Kier molecular flexibility index (Phi) is 5.50. The maximum Gasteiger partial charge on any atom is 0.356 e. The molecule has 5 heteroatoms. The van der Waals surface area contributed by atoms with Crippen molar-refractivity contribution in [2.24, 2.45) is 0 Å². The van der Waals surface area contributed by atoms with E-state index >= 15 is 0 Å². The van der Waals surface area contributed by atoms with Crippen LogP contribution >= 0.6 is 11.6 Å². The van der Waals surface area contributed by atoms with Crippen LogP contribution < -0.4 is 0 Å². The largest absolute Gasteiger partial charge is 0.616 e. The van der Waals surface area contributed by atoms with Gasteiger partial charge in [-0.15, -0.1) is 0 Å². The molecule has 1 aromatic carbocycles. The van der Waals surface area contributed by atoms with E-state index in [1.807, 2.05) is 12.1 Å². The van der Waals surface area contributed by atoms with Crippen LogP contribution in [0, 0.1) is 0 Å². The molecule has 0 saturated carbocycles. The van der Waals surface area contributed by atoms with Gasteiger partial charge in [0.25, 0.3) is 0 Å². The van der Waals surface area contributed by atoms with Crippen molar-refractivity contribution in [1.29, 1.82) is 0 Å². The van der Waals surface area contributed by atoms with Crippen molar-refractivity contribution in [3.05, 3.63) is 34.9 Å². The van der Waals surface area contributed by atoms with E-state index in [2.05, 4.69) is 0 Å². The van der Waals surface area contributed by atoms with Gasteiger partial charge in [0.2, 0.25) is 5.75 Å². The van der Waals surface area contributed by atoms with Gasteiger partial charge in [-0.2, -0.15) is 0 Å². The van der Waals surface area contributed by atoms with Gasteiger partial charge >= 0.3 is 5.97 Å². The Morgan fingerprint density at radius 2 is 2.00 bits per heavy atom. The zero-order valence-corrected chi connectivity index (χ0v) is 12.3. The lowest BCUT2D eigenvalue weighted by molar-refractivity contribution is -0.151. The molecule has 0 bridgehead atoms. The molecule has 0 saturated heterocycles. The molecule has 0 heterocycles. The third-order valence-electron chi connectivity index (χ3n) is 1.97. The Balaban J connectivity index is 2.50. The zero-order chi connectivity index (χ0) is 13.8. The first-order valence-electron chi connectivity index (χ1n) is 5.58. The standard InChI is InChI=1S/C13H17ClO3S/c1-13(2,3)17-12(15)9-18(16)8-10-6-4-5-7-11(10)14/h4-7H,8-9H2,1-3H3/t18-/m1/s1. The summed E-state index contributed by atoms with van der Waals surface area (Å²) in [6.07, 6.45) is 0. The molecule has 1 rings (SSSR count). The molecule has 1 atom stereocenters. The SMILES string of the molecule is CC(C)(C)OC(=O)C[S@+]([O-])Cc1ccccc1Cl. The monoisotopic (exact) mass is 288 g/mol. The van der Waals surface area contributed by atoms with Crippen LogP contribution in [0.15, 0.2) is 24.3 Å². The van der Waals surface area contributed by atoms with E-state index in [0.29, 0.717) is 5.02 Å². The van der Waals surface area contributed by atoms with Crippen molar-refractivity contribution < 1.29 is 14.1 Å². The second-order valence-electron chi connectivity index (χ2n) is 4.91. The van der Waals surface area contributed by atoms with Crippen molar-refractivity contribution in [3.63, 3.8) is 0 Å². The Hall–Kier alpha value is -0.710. The summed E-state index contributed by atoms with van der Waals surface area (Å²) >= 11 is 4.66. The number of carbonyl (C=O) groups is 1. The lowest BCUT2D eigenvalue weighted by Crippen LogP contribution is -2.29. The molecule has 0 spiro atoms. The molecule has 0 aliphatic carbocycles. The van der Waals surface area contributed by atoms with Crippen molar-refractivity contribution >= 4 is 28.7 Å². The molecule has 0 fully saturated rings. The topological polar surface area (TPSA) is 49.4 Å². The second-order valence-corrected chi connectivity index (χ2v) is 6.77. The van der Waals surface area contributed by atoms with Crippen molar-refractivity contribution in [1.82, 2.24) is 0 Å². The maximum atomic E-state index is 11.8. The summed E-state index contributed by atoms with van der Waals surface area (Å²) in [7, 11) is 0. The predicted octanol–water partition coefficient (Wildman–Crippen LogP) is 2.93. The molecule has 100 valence electrons. The highest BCUT2D eigenvalue weighted by Crippen LogP contribution is 2.18. The summed E-state index contributed by atoms with van der Waals surface area (Å²) in [6, 6.07) is 7.17. The van der Waals surface area contributed by atoms with E-state index in [9.17, 15) is 9.35 Å². The molecule has 0 radical (unpaired) electrons. The van der Waals surface area contributed by atoms with E-state index in [1.165, 1.54) is 0 Å². The van der Waals surface area contributed by atoms with Crippen molar-refractivity contribution in [3.8, 4) is 0 Å². The smallest absolute Gasteiger partial charge is 0.356 e. The number of hydrogen-bond donors (Lipinski definition) is 0. The summed E-state index contributed by atoms with van der Waals surface area (Å²) in [6.45, 7) is 5.34. The lowest BCUT2D eigenvalue weighted by atomic mass is 10.2. The van der Waals surface area contributed by atoms with Gasteiger partial charge in [0.1, 0.15) is 11.4 Å². The van der Waals surface area contributed by atoms with Gasteiger partial charge in [-0.3, -0.25) is 0 Å². The maximum absolute atomic E-state index is 11.8. The molecule has 0 N–H and O–H groups in total. The third kappa shape index (κ3) is 5.76. The number of benzene rings is 1. The normalized spacial score (nSPS) is 13.2. The van der Waals surface area contributed by atoms with Gasteiger partial charge in [0.05, 0.1) is 0 Å². The average molecular weight is 289 g/mol. The Bertz CT molecular complexity index is 415. The van der Waals surface area contributed by atoms with E-state index in [4.69, 9.17) is 16.3 Å². The fourth-order valence-electron chi connectivity index (χ4n) is 1.34. The summed E-state index contributed by atoms with van der Waals surface area (Å²) in [4.78, 5) is 11.5. The number of carbonyl (C=O) groups excluding carboxylic acids is 1. The highest BCUT2D eigenvalue weighted by molar-refractivity contribution is 7.91. The van der Waals surface area contributed by atoms with Crippen LogP contribution in [0.2, 0.25) is 5.02 Å². The van der Waals surface area contributed by atoms with E-state index < -0.39 is 22.7 Å². The van der Waals surface area contributed by atoms with Crippen molar-refractivity contribution in [2.45, 2.75) is 32.1 Å². The summed E-state index contributed by atoms with van der Waals surface area (Å²) in [5, 5.41) is 0.565. The van der Waals surface area contributed by atoms with Crippen LogP contribution in [0.3, 0.4) is 0 Å². The minimum absolute atomic E-state index is 0.109. The molecule has 0 amide bonds. The van der Waals surface area contributed by atoms with Crippen LogP contribution in [-0.4, -0.2) is 21.9 Å². The van der Waals surface area contributed by atoms with Gasteiger partial charge in [-0.1, -0.05) is 29.8 Å². The highest BCUT2D eigenvalue weighted by atomic mass is 35.5. The fourth-order valence-corrected chi connectivity index (χ4v) is 2.65. The van der Waals surface area contributed by atoms with Gasteiger partial charge in [-0.05, 0) is 38.0 Å². The van der Waals surface area contributed by atoms with Crippen LogP contribution in [0.4, 0.5) is 0 Å². The fraction of sp³-hybridized carbons (Fsp3) is 0.462. The number of hydrogen-bond acceptors (Lipinski definition) is 3. The van der Waals surface area contributed by atoms with Crippen molar-refractivity contribution in [2.75, 3.05) is 5.75 Å². The van der Waals surface area contributed by atoms with E-state index in [1.54, 1.807) is 32.9 Å². The first-order chi connectivity index (χ1) is 8.28. The van der Waals surface area contributed by atoms with Gasteiger partial charge in [0.15, 0.2) is 0 Å². The van der Waals surface area contributed by atoms with Gasteiger partial charge in [-0.25, -0.2) is 4.79 Å². The molecule has 1 aromatic rings. The van der Waals surface area contributed by atoms with Gasteiger partial charge in [0, 0.05) is 10.6 Å².